The lowest BCUT2D eigenvalue weighted by Gasteiger charge is -2.16. The molecule has 146 valence electrons. The average molecular weight is 371 g/mol. The number of hydrogen-bond donors (Lipinski definition) is 1. The highest BCUT2D eigenvalue weighted by Gasteiger charge is 2.15. The maximum atomic E-state index is 12.4. The number of aryl methyl sites for hydroxylation is 2. The van der Waals surface area contributed by atoms with Gasteiger partial charge in [-0.15, -0.1) is 0 Å². The van der Waals surface area contributed by atoms with Crippen molar-refractivity contribution in [3.8, 4) is 17.2 Å². The van der Waals surface area contributed by atoms with E-state index in [1.165, 1.54) is 5.56 Å². The largest absolute Gasteiger partial charge is 0.493 e. The molecule has 0 bridgehead atoms. The van der Waals surface area contributed by atoms with Crippen LogP contribution in [0.1, 0.15) is 43.0 Å². The highest BCUT2D eigenvalue weighted by molar-refractivity contribution is 5.76. The third kappa shape index (κ3) is 5.39. The Morgan fingerprint density at radius 2 is 1.56 bits per heavy atom. The molecule has 5 heteroatoms. The van der Waals surface area contributed by atoms with E-state index in [-0.39, 0.29) is 11.9 Å². The lowest BCUT2D eigenvalue weighted by Crippen LogP contribution is -2.26. The summed E-state index contributed by atoms with van der Waals surface area (Å²) in [5, 5.41) is 3.06. The molecule has 1 amide bonds. The molecule has 27 heavy (non-hydrogen) atoms. The van der Waals surface area contributed by atoms with Crippen LogP contribution in [0.3, 0.4) is 0 Å². The molecule has 2 rings (SSSR count). The normalized spacial score (nSPS) is 11.6. The molecule has 0 aliphatic rings. The first-order chi connectivity index (χ1) is 13.0. The van der Waals surface area contributed by atoms with Crippen molar-refractivity contribution in [2.75, 3.05) is 21.3 Å². The smallest absolute Gasteiger partial charge is 0.220 e. The highest BCUT2D eigenvalue weighted by atomic mass is 16.5. The van der Waals surface area contributed by atoms with Crippen LogP contribution in [0.5, 0.6) is 17.2 Å². The molecule has 0 spiro atoms. The van der Waals surface area contributed by atoms with Crippen LogP contribution in [-0.2, 0) is 17.6 Å². The van der Waals surface area contributed by atoms with Gasteiger partial charge in [0, 0.05) is 6.42 Å². The highest BCUT2D eigenvalue weighted by Crippen LogP contribution is 2.38. The molecule has 1 N–H and O–H groups in total. The van der Waals surface area contributed by atoms with Gasteiger partial charge in [-0.1, -0.05) is 31.2 Å². The second kappa shape index (κ2) is 9.86. The van der Waals surface area contributed by atoms with Crippen molar-refractivity contribution >= 4 is 5.91 Å². The van der Waals surface area contributed by atoms with Gasteiger partial charge < -0.3 is 19.5 Å². The zero-order valence-corrected chi connectivity index (χ0v) is 16.8. The number of ether oxygens (including phenoxy) is 3. The predicted molar refractivity (Wildman–Crippen MR) is 107 cm³/mol. The van der Waals surface area contributed by atoms with Crippen LogP contribution in [0, 0.1) is 0 Å². The van der Waals surface area contributed by atoms with Gasteiger partial charge in [0.1, 0.15) is 0 Å². The monoisotopic (exact) mass is 371 g/mol. The van der Waals surface area contributed by atoms with E-state index in [2.05, 4.69) is 36.5 Å². The van der Waals surface area contributed by atoms with Gasteiger partial charge in [-0.25, -0.2) is 0 Å². The van der Waals surface area contributed by atoms with Crippen LogP contribution in [0.4, 0.5) is 0 Å². The van der Waals surface area contributed by atoms with Crippen molar-refractivity contribution in [1.82, 2.24) is 5.32 Å². The molecule has 5 nitrogen and oxygen atoms in total. The van der Waals surface area contributed by atoms with Crippen molar-refractivity contribution < 1.29 is 19.0 Å². The zero-order valence-electron chi connectivity index (χ0n) is 16.8. The maximum Gasteiger partial charge on any atom is 0.220 e. The van der Waals surface area contributed by atoms with Crippen LogP contribution in [0.2, 0.25) is 0 Å². The predicted octanol–water partition coefficient (Wildman–Crippen LogP) is 4.08. The molecule has 0 aromatic heterocycles. The van der Waals surface area contributed by atoms with Crippen molar-refractivity contribution in [3.63, 3.8) is 0 Å². The third-order valence-corrected chi connectivity index (χ3v) is 4.63. The lowest BCUT2D eigenvalue weighted by atomic mass is 10.0. The number of methoxy groups -OCH3 is 3. The molecule has 0 radical (unpaired) electrons. The first-order valence-electron chi connectivity index (χ1n) is 9.19. The Morgan fingerprint density at radius 1 is 0.963 bits per heavy atom. The second-order valence-electron chi connectivity index (χ2n) is 6.42. The summed E-state index contributed by atoms with van der Waals surface area (Å²) >= 11 is 0. The fraction of sp³-hybridized carbons (Fsp3) is 0.409. The molecular weight excluding hydrogens is 342 g/mol. The zero-order chi connectivity index (χ0) is 19.8. The average Bonchev–Trinajstić information content (AvgIpc) is 2.71. The summed E-state index contributed by atoms with van der Waals surface area (Å²) in [5.41, 5.74) is 3.35. The van der Waals surface area contributed by atoms with E-state index < -0.39 is 0 Å². The van der Waals surface area contributed by atoms with Crippen LogP contribution < -0.4 is 19.5 Å². The summed E-state index contributed by atoms with van der Waals surface area (Å²) in [6.45, 7) is 4.13. The summed E-state index contributed by atoms with van der Waals surface area (Å²) in [6.07, 6.45) is 1.98. The number of nitrogens with one attached hydrogen (secondary N) is 1. The van der Waals surface area contributed by atoms with Crippen molar-refractivity contribution in [2.24, 2.45) is 0 Å². The number of carbonyl (C=O) groups excluding carboxylic acids is 1. The van der Waals surface area contributed by atoms with Crippen molar-refractivity contribution in [2.45, 2.75) is 39.2 Å². The number of carbonyl (C=O) groups is 1. The van der Waals surface area contributed by atoms with Gasteiger partial charge in [0.05, 0.1) is 27.4 Å². The van der Waals surface area contributed by atoms with Gasteiger partial charge in [-0.05, 0) is 48.6 Å². The minimum absolute atomic E-state index is 0.0100. The Hall–Kier alpha value is -2.69. The minimum atomic E-state index is -0.0247. The SMILES string of the molecule is CCc1ccc(C(C)NC(=O)CCc2cc(OC)c(OC)c(OC)c2)cc1. The fourth-order valence-corrected chi connectivity index (χ4v) is 2.98. The molecule has 2 aromatic carbocycles. The summed E-state index contributed by atoms with van der Waals surface area (Å²) in [6, 6.07) is 12.1. The minimum Gasteiger partial charge on any atom is -0.493 e. The molecule has 1 atom stereocenters. The summed E-state index contributed by atoms with van der Waals surface area (Å²) in [7, 11) is 4.74. The van der Waals surface area contributed by atoms with Crippen LogP contribution in [0.25, 0.3) is 0 Å². The molecule has 0 aliphatic heterocycles. The number of benzene rings is 2. The van der Waals surface area contributed by atoms with Crippen LogP contribution in [-0.4, -0.2) is 27.2 Å². The second-order valence-corrected chi connectivity index (χ2v) is 6.42. The third-order valence-electron chi connectivity index (χ3n) is 4.63. The van der Waals surface area contributed by atoms with E-state index in [4.69, 9.17) is 14.2 Å². The summed E-state index contributed by atoms with van der Waals surface area (Å²) in [4.78, 5) is 12.4. The Morgan fingerprint density at radius 3 is 2.04 bits per heavy atom. The van der Waals surface area contributed by atoms with Gasteiger partial charge in [0.2, 0.25) is 11.7 Å². The number of amides is 1. The molecule has 0 heterocycles. The number of hydrogen-bond acceptors (Lipinski definition) is 4. The Labute approximate surface area is 161 Å². The van der Waals surface area contributed by atoms with Gasteiger partial charge in [0.25, 0.3) is 0 Å². The quantitative estimate of drug-likeness (QED) is 0.721. The van der Waals surface area contributed by atoms with Crippen LogP contribution >= 0.6 is 0 Å². The van der Waals surface area contributed by atoms with Gasteiger partial charge in [-0.2, -0.15) is 0 Å². The topological polar surface area (TPSA) is 56.8 Å². The maximum absolute atomic E-state index is 12.4. The van der Waals surface area contributed by atoms with E-state index in [9.17, 15) is 4.79 Å². The van der Waals surface area contributed by atoms with E-state index in [0.717, 1.165) is 17.5 Å². The molecule has 0 aliphatic carbocycles. The van der Waals surface area contributed by atoms with E-state index in [0.29, 0.717) is 30.1 Å². The molecule has 2 aromatic rings. The Kier molecular flexibility index (Phi) is 7.53. The van der Waals surface area contributed by atoms with E-state index in [1.54, 1.807) is 21.3 Å². The molecule has 0 saturated carbocycles. The standard InChI is InChI=1S/C22H29NO4/c1-6-16-7-10-18(11-8-16)15(2)23-21(24)12-9-17-13-19(25-3)22(27-5)20(14-17)26-4/h7-8,10-11,13-15H,6,9,12H2,1-5H3,(H,23,24). The van der Waals surface area contributed by atoms with Gasteiger partial charge in [0.15, 0.2) is 11.5 Å². The lowest BCUT2D eigenvalue weighted by molar-refractivity contribution is -0.121. The summed E-state index contributed by atoms with van der Waals surface area (Å²) in [5.74, 6) is 1.75. The molecule has 0 fully saturated rings. The van der Waals surface area contributed by atoms with Crippen LogP contribution in [0.15, 0.2) is 36.4 Å². The first kappa shape index (κ1) is 20.6. The molecule has 0 saturated heterocycles. The molecular formula is C22H29NO4. The van der Waals surface area contributed by atoms with Gasteiger partial charge in [-0.3, -0.25) is 4.79 Å². The number of rotatable bonds is 9. The van der Waals surface area contributed by atoms with Crippen molar-refractivity contribution in [3.05, 3.63) is 53.1 Å². The van der Waals surface area contributed by atoms with E-state index >= 15 is 0 Å². The summed E-state index contributed by atoms with van der Waals surface area (Å²) < 4.78 is 16.1. The Balaban J connectivity index is 1.98. The Bertz CT molecular complexity index is 730. The first-order valence-corrected chi connectivity index (χ1v) is 9.19. The van der Waals surface area contributed by atoms with Crippen molar-refractivity contribution in [1.29, 1.82) is 0 Å². The van der Waals surface area contributed by atoms with E-state index in [1.807, 2.05) is 19.1 Å². The molecule has 1 unspecified atom stereocenters. The van der Waals surface area contributed by atoms with Gasteiger partial charge >= 0.3 is 0 Å². The fourth-order valence-electron chi connectivity index (χ4n) is 2.98.